The van der Waals surface area contributed by atoms with Crippen molar-refractivity contribution < 1.29 is 23.7 Å². The van der Waals surface area contributed by atoms with Gasteiger partial charge in [0.15, 0.2) is 11.5 Å². The van der Waals surface area contributed by atoms with Crippen molar-refractivity contribution in [1.82, 2.24) is 5.32 Å². The summed E-state index contributed by atoms with van der Waals surface area (Å²) in [6.07, 6.45) is 2.06. The Morgan fingerprint density at radius 2 is 1.82 bits per heavy atom. The summed E-state index contributed by atoms with van der Waals surface area (Å²) < 4.78 is 21.4. The third-order valence-corrected chi connectivity index (χ3v) is 3.83. The van der Waals surface area contributed by atoms with Crippen LogP contribution in [0.25, 0.3) is 0 Å². The summed E-state index contributed by atoms with van der Waals surface area (Å²) in [5, 5.41) is 2.96. The first kappa shape index (κ1) is 16.4. The van der Waals surface area contributed by atoms with Gasteiger partial charge in [0, 0.05) is 18.7 Å². The van der Waals surface area contributed by atoms with Crippen LogP contribution >= 0.6 is 0 Å². The second-order valence-electron chi connectivity index (χ2n) is 5.22. The van der Waals surface area contributed by atoms with Crippen molar-refractivity contribution in [2.75, 3.05) is 27.9 Å². The standard InChI is InChI=1S/C16H23NO5/c1-10(12-6-5-7-22-12)17-16(18)11-8-14(20-3)15(21-4)9-13(11)19-2/h8-10,12H,5-7H2,1-4H3,(H,17,18)/t10-,12+/m0/s1. The first-order valence-electron chi connectivity index (χ1n) is 7.33. The van der Waals surface area contributed by atoms with E-state index in [0.717, 1.165) is 19.4 Å². The predicted octanol–water partition coefficient (Wildman–Crippen LogP) is 2.01. The number of hydrogen-bond donors (Lipinski definition) is 1. The maximum atomic E-state index is 12.5. The highest BCUT2D eigenvalue weighted by Gasteiger charge is 2.25. The van der Waals surface area contributed by atoms with E-state index >= 15 is 0 Å². The molecule has 1 aromatic rings. The molecule has 0 unspecified atom stereocenters. The van der Waals surface area contributed by atoms with Gasteiger partial charge in [-0.05, 0) is 19.8 Å². The molecule has 1 saturated heterocycles. The van der Waals surface area contributed by atoms with Gasteiger partial charge in [-0.2, -0.15) is 0 Å². The Hall–Kier alpha value is -1.95. The number of methoxy groups -OCH3 is 3. The summed E-state index contributed by atoms with van der Waals surface area (Å²) in [6.45, 7) is 2.70. The lowest BCUT2D eigenvalue weighted by atomic mass is 10.1. The summed E-state index contributed by atoms with van der Waals surface area (Å²) in [7, 11) is 4.58. The van der Waals surface area contributed by atoms with Crippen LogP contribution in [-0.2, 0) is 4.74 Å². The minimum absolute atomic E-state index is 0.0622. The van der Waals surface area contributed by atoms with Crippen LogP contribution in [-0.4, -0.2) is 46.0 Å². The number of benzene rings is 1. The molecule has 1 N–H and O–H groups in total. The number of nitrogens with one attached hydrogen (secondary N) is 1. The van der Waals surface area contributed by atoms with Crippen LogP contribution in [0.3, 0.4) is 0 Å². The van der Waals surface area contributed by atoms with Crippen LogP contribution in [0.15, 0.2) is 12.1 Å². The molecule has 1 aliphatic heterocycles. The molecule has 1 fully saturated rings. The van der Waals surface area contributed by atoms with Crippen molar-refractivity contribution in [2.45, 2.75) is 31.9 Å². The van der Waals surface area contributed by atoms with E-state index in [1.807, 2.05) is 6.92 Å². The number of amides is 1. The van der Waals surface area contributed by atoms with Gasteiger partial charge >= 0.3 is 0 Å². The maximum absolute atomic E-state index is 12.5. The predicted molar refractivity (Wildman–Crippen MR) is 82.0 cm³/mol. The van der Waals surface area contributed by atoms with Crippen molar-refractivity contribution in [3.8, 4) is 17.2 Å². The second-order valence-corrected chi connectivity index (χ2v) is 5.22. The number of ether oxygens (including phenoxy) is 4. The smallest absolute Gasteiger partial charge is 0.255 e. The van der Waals surface area contributed by atoms with E-state index in [4.69, 9.17) is 18.9 Å². The largest absolute Gasteiger partial charge is 0.496 e. The van der Waals surface area contributed by atoms with E-state index in [2.05, 4.69) is 5.32 Å². The van der Waals surface area contributed by atoms with Crippen LogP contribution in [0.4, 0.5) is 0 Å². The van der Waals surface area contributed by atoms with Crippen molar-refractivity contribution in [2.24, 2.45) is 0 Å². The van der Waals surface area contributed by atoms with Gasteiger partial charge in [0.1, 0.15) is 5.75 Å². The molecule has 6 nitrogen and oxygen atoms in total. The summed E-state index contributed by atoms with van der Waals surface area (Å²) in [5.74, 6) is 1.22. The van der Waals surface area contributed by atoms with Gasteiger partial charge < -0.3 is 24.3 Å². The fourth-order valence-electron chi connectivity index (χ4n) is 2.58. The third-order valence-electron chi connectivity index (χ3n) is 3.83. The molecule has 0 aliphatic carbocycles. The van der Waals surface area contributed by atoms with Crippen molar-refractivity contribution in [3.63, 3.8) is 0 Å². The molecule has 1 heterocycles. The Balaban J connectivity index is 2.20. The highest BCUT2D eigenvalue weighted by Crippen LogP contribution is 2.34. The van der Waals surface area contributed by atoms with Crippen molar-refractivity contribution in [1.29, 1.82) is 0 Å². The molecule has 22 heavy (non-hydrogen) atoms. The summed E-state index contributed by atoms with van der Waals surface area (Å²) in [4.78, 5) is 12.5. The molecular formula is C16H23NO5. The van der Waals surface area contributed by atoms with E-state index in [9.17, 15) is 4.79 Å². The fourth-order valence-corrected chi connectivity index (χ4v) is 2.58. The minimum atomic E-state index is -0.221. The molecule has 6 heteroatoms. The Kier molecular flexibility index (Phi) is 5.49. The topological polar surface area (TPSA) is 66.0 Å². The number of hydrogen-bond acceptors (Lipinski definition) is 5. The van der Waals surface area contributed by atoms with Crippen molar-refractivity contribution in [3.05, 3.63) is 17.7 Å². The molecular weight excluding hydrogens is 286 g/mol. The van der Waals surface area contributed by atoms with E-state index in [1.165, 1.54) is 21.3 Å². The van der Waals surface area contributed by atoms with Gasteiger partial charge in [0.25, 0.3) is 5.91 Å². The molecule has 0 radical (unpaired) electrons. The van der Waals surface area contributed by atoms with Crippen LogP contribution in [0, 0.1) is 0 Å². The van der Waals surface area contributed by atoms with Crippen LogP contribution in [0.5, 0.6) is 17.2 Å². The summed E-state index contributed by atoms with van der Waals surface area (Å²) in [6, 6.07) is 3.20. The Morgan fingerprint density at radius 3 is 2.36 bits per heavy atom. The van der Waals surface area contributed by atoms with Gasteiger partial charge in [0.2, 0.25) is 0 Å². The molecule has 1 amide bonds. The van der Waals surface area contributed by atoms with Gasteiger partial charge in [-0.25, -0.2) is 0 Å². The van der Waals surface area contributed by atoms with Crippen molar-refractivity contribution >= 4 is 5.91 Å². The Bertz CT molecular complexity index is 526. The molecule has 0 bridgehead atoms. The van der Waals surface area contributed by atoms with Crippen LogP contribution < -0.4 is 19.5 Å². The number of carbonyl (C=O) groups excluding carboxylic acids is 1. The third kappa shape index (κ3) is 3.44. The average Bonchev–Trinajstić information content (AvgIpc) is 3.07. The number of rotatable bonds is 6. The second kappa shape index (κ2) is 7.35. The Labute approximate surface area is 130 Å². The lowest BCUT2D eigenvalue weighted by Gasteiger charge is -2.21. The summed E-state index contributed by atoms with van der Waals surface area (Å²) in [5.41, 5.74) is 0.407. The molecule has 2 atom stereocenters. The zero-order valence-corrected chi connectivity index (χ0v) is 13.5. The zero-order chi connectivity index (χ0) is 16.1. The number of carbonyl (C=O) groups is 1. The highest BCUT2D eigenvalue weighted by molar-refractivity contribution is 5.98. The van der Waals surface area contributed by atoms with E-state index < -0.39 is 0 Å². The van der Waals surface area contributed by atoms with Crippen LogP contribution in [0.2, 0.25) is 0 Å². The zero-order valence-electron chi connectivity index (χ0n) is 13.5. The molecule has 0 saturated carbocycles. The Morgan fingerprint density at radius 1 is 1.18 bits per heavy atom. The quantitative estimate of drug-likeness (QED) is 0.871. The molecule has 0 aromatic heterocycles. The summed E-state index contributed by atoms with van der Waals surface area (Å²) >= 11 is 0. The monoisotopic (exact) mass is 309 g/mol. The van der Waals surface area contributed by atoms with E-state index in [-0.39, 0.29) is 18.1 Å². The van der Waals surface area contributed by atoms with Gasteiger partial charge in [-0.15, -0.1) is 0 Å². The lowest BCUT2D eigenvalue weighted by molar-refractivity contribution is 0.0710. The highest BCUT2D eigenvalue weighted by atomic mass is 16.5. The minimum Gasteiger partial charge on any atom is -0.496 e. The van der Waals surface area contributed by atoms with Gasteiger partial charge in [0.05, 0.1) is 39.0 Å². The van der Waals surface area contributed by atoms with Crippen LogP contribution in [0.1, 0.15) is 30.1 Å². The molecule has 0 spiro atoms. The average molecular weight is 309 g/mol. The van der Waals surface area contributed by atoms with Gasteiger partial charge in [-0.1, -0.05) is 0 Å². The lowest BCUT2D eigenvalue weighted by Crippen LogP contribution is -2.40. The van der Waals surface area contributed by atoms with Gasteiger partial charge in [-0.3, -0.25) is 4.79 Å². The normalized spacial score (nSPS) is 18.6. The fraction of sp³-hybridized carbons (Fsp3) is 0.562. The van der Waals surface area contributed by atoms with E-state index in [0.29, 0.717) is 22.8 Å². The van der Waals surface area contributed by atoms with E-state index in [1.54, 1.807) is 12.1 Å². The maximum Gasteiger partial charge on any atom is 0.255 e. The SMILES string of the molecule is COc1cc(OC)c(C(=O)N[C@@H](C)[C@H]2CCCO2)cc1OC. The first-order chi connectivity index (χ1) is 10.6. The first-order valence-corrected chi connectivity index (χ1v) is 7.33. The molecule has 122 valence electrons. The molecule has 2 rings (SSSR count). The molecule has 1 aromatic carbocycles. The molecule has 1 aliphatic rings.